The fraction of sp³-hybridized carbons (Fsp3) is 0.225. The number of hydrogen-bond donors (Lipinski definition) is 4. The average molecular weight is 769 g/mol. The van der Waals surface area contributed by atoms with Crippen LogP contribution in [-0.2, 0) is 36.4 Å². The Morgan fingerprint density at radius 1 is 0.833 bits per heavy atom. The molecule has 0 saturated heterocycles. The monoisotopic (exact) mass is 768 g/mol. The number of aliphatic carboxylic acids is 1. The number of nitrogens with zero attached hydrogens (tertiary/aromatic N) is 2. The van der Waals surface area contributed by atoms with Gasteiger partial charge in [-0.2, -0.15) is 21.4 Å². The van der Waals surface area contributed by atoms with Crippen molar-refractivity contribution in [1.29, 1.82) is 0 Å². The lowest BCUT2D eigenvalue weighted by atomic mass is 9.71. The van der Waals surface area contributed by atoms with Crippen molar-refractivity contribution in [2.75, 3.05) is 13.1 Å². The molecule has 1 amide bonds. The fourth-order valence-corrected chi connectivity index (χ4v) is 9.44. The van der Waals surface area contributed by atoms with Crippen LogP contribution in [0.4, 0.5) is 5.69 Å². The highest BCUT2D eigenvalue weighted by molar-refractivity contribution is 7.86. The minimum Gasteiger partial charge on any atom is -0.480 e. The smallest absolute Gasteiger partial charge is 0.319 e. The van der Waals surface area contributed by atoms with Crippen molar-refractivity contribution in [2.24, 2.45) is 5.41 Å². The van der Waals surface area contributed by atoms with Gasteiger partial charge in [0.15, 0.2) is 5.41 Å². The molecule has 0 saturated carbocycles. The van der Waals surface area contributed by atoms with Crippen LogP contribution in [0.5, 0.6) is 0 Å². The van der Waals surface area contributed by atoms with E-state index < -0.39 is 37.5 Å². The molecule has 0 radical (unpaired) electrons. The number of benzene rings is 4. The summed E-state index contributed by atoms with van der Waals surface area (Å²) in [4.78, 5) is 26.3. The van der Waals surface area contributed by atoms with Gasteiger partial charge in [0, 0.05) is 57.6 Å². The van der Waals surface area contributed by atoms with Gasteiger partial charge in [0.1, 0.15) is 16.3 Å². The maximum atomic E-state index is 13.6. The zero-order chi connectivity index (χ0) is 38.7. The van der Waals surface area contributed by atoms with Gasteiger partial charge in [-0.3, -0.25) is 18.7 Å². The van der Waals surface area contributed by atoms with Gasteiger partial charge >= 0.3 is 5.97 Å². The van der Waals surface area contributed by atoms with Gasteiger partial charge < -0.3 is 15.0 Å². The molecule has 1 unspecified atom stereocenters. The maximum Gasteiger partial charge on any atom is 0.319 e. The van der Waals surface area contributed by atoms with Crippen molar-refractivity contribution >= 4 is 82.0 Å². The molecule has 2 heterocycles. The van der Waals surface area contributed by atoms with E-state index in [4.69, 9.17) is 0 Å². The molecule has 0 spiro atoms. The molecule has 7 rings (SSSR count). The van der Waals surface area contributed by atoms with Crippen LogP contribution in [0.15, 0.2) is 106 Å². The lowest BCUT2D eigenvalue weighted by molar-refractivity contribution is -0.430. The third kappa shape index (κ3) is 5.95. The second kappa shape index (κ2) is 13.5. The maximum absolute atomic E-state index is 13.6. The standard InChI is InChI=1S/C40H37N3O9S2/c1-4-41-38(44)40(39(45)46)22-24(13-15-30-26-9-7-11-28-34(53(47,48)49)19-17-32(36(26)28)42(30)5-2)21-25(23-40)14-16-31-27-10-8-12-29-35(54(50,51)52)20-18-33(37(27)29)43(31)6-3/h7-21H,4-6,22-23H2,1-3H3,(H3-,41,44,45,46,47,48,49,50,51,52)/p+1. The highest BCUT2D eigenvalue weighted by Crippen LogP contribution is 2.42. The Hall–Kier alpha value is -5.41. The number of aryl methyl sites for hydroxylation is 1. The molecule has 2 aliphatic rings. The van der Waals surface area contributed by atoms with Crippen LogP contribution in [0.25, 0.3) is 38.5 Å². The molecular formula is C40H38N3O9S2+. The van der Waals surface area contributed by atoms with E-state index in [0.29, 0.717) is 45.8 Å². The first-order valence-corrected chi connectivity index (χ1v) is 20.3. The van der Waals surface area contributed by atoms with Crippen molar-refractivity contribution in [2.45, 2.75) is 49.9 Å². The van der Waals surface area contributed by atoms with Gasteiger partial charge in [0.25, 0.3) is 20.2 Å². The normalized spacial score (nSPS) is 18.9. The van der Waals surface area contributed by atoms with E-state index in [9.17, 15) is 40.6 Å². The third-order valence-corrected chi connectivity index (χ3v) is 12.2. The van der Waals surface area contributed by atoms with Gasteiger partial charge in [-0.25, -0.2) is 0 Å². The fourth-order valence-electron chi connectivity index (χ4n) is 8.06. The van der Waals surface area contributed by atoms with Crippen LogP contribution in [-0.4, -0.2) is 70.9 Å². The molecule has 1 atom stereocenters. The zero-order valence-electron chi connectivity index (χ0n) is 29.7. The second-order valence-electron chi connectivity index (χ2n) is 13.4. The number of carbonyl (C=O) groups excluding carboxylic acids is 1. The summed E-state index contributed by atoms with van der Waals surface area (Å²) in [5, 5.41) is 16.9. The second-order valence-corrected chi connectivity index (χ2v) is 16.2. The van der Waals surface area contributed by atoms with E-state index >= 15 is 0 Å². The van der Waals surface area contributed by atoms with Crippen LogP contribution < -0.4 is 10.7 Å². The first-order valence-electron chi connectivity index (χ1n) is 17.4. The lowest BCUT2D eigenvalue weighted by Gasteiger charge is -2.32. The van der Waals surface area contributed by atoms with Gasteiger partial charge in [-0.15, -0.1) is 0 Å². The average Bonchev–Trinajstić information content (AvgIpc) is 3.61. The van der Waals surface area contributed by atoms with Crippen molar-refractivity contribution in [3.63, 3.8) is 0 Å². The van der Waals surface area contributed by atoms with Crippen LogP contribution in [0.3, 0.4) is 0 Å². The van der Waals surface area contributed by atoms with Crippen LogP contribution in [0, 0.1) is 5.41 Å². The minimum atomic E-state index is -4.49. The lowest BCUT2D eigenvalue weighted by Crippen LogP contribution is -2.48. The number of carbonyl (C=O) groups is 2. The highest BCUT2D eigenvalue weighted by atomic mass is 32.2. The van der Waals surface area contributed by atoms with E-state index in [0.717, 1.165) is 33.2 Å². The molecule has 1 aromatic heterocycles. The Kier molecular flexibility index (Phi) is 9.21. The summed E-state index contributed by atoms with van der Waals surface area (Å²) in [6.07, 6.45) is 8.92. The Bertz CT molecular complexity index is 2860. The molecule has 1 aliphatic heterocycles. The summed E-state index contributed by atoms with van der Waals surface area (Å²) in [5.74, 6) is -1.88. The summed E-state index contributed by atoms with van der Waals surface area (Å²) < 4.78 is 72.7. The van der Waals surface area contributed by atoms with E-state index in [1.165, 1.54) is 12.1 Å². The molecule has 0 fully saturated rings. The van der Waals surface area contributed by atoms with E-state index in [1.807, 2.05) is 53.4 Å². The SMILES string of the molecule is CCNC(=O)C1(C(=O)O)CC(=CC=c2c3cccc4c(S(=O)(=O)O)ccc(c43)n2CC)C=C(C=CC2=[N+](CC)c3ccc(S(=O)(=O)O)c4cccc2c34)C1. The molecule has 12 nitrogen and oxygen atoms in total. The Labute approximate surface area is 311 Å². The molecule has 1 aliphatic carbocycles. The van der Waals surface area contributed by atoms with Gasteiger partial charge in [0.2, 0.25) is 17.3 Å². The van der Waals surface area contributed by atoms with Crippen LogP contribution in [0.1, 0.15) is 39.2 Å². The van der Waals surface area contributed by atoms with Gasteiger partial charge in [-0.05, 0) is 75.1 Å². The molecule has 54 heavy (non-hydrogen) atoms. The molecule has 14 heteroatoms. The molecule has 0 bridgehead atoms. The van der Waals surface area contributed by atoms with E-state index in [-0.39, 0.29) is 29.2 Å². The predicted molar refractivity (Wildman–Crippen MR) is 206 cm³/mol. The zero-order valence-corrected chi connectivity index (χ0v) is 31.3. The number of aromatic nitrogens is 1. The number of carboxylic acids is 1. The topological polar surface area (TPSA) is 183 Å². The Morgan fingerprint density at radius 2 is 1.48 bits per heavy atom. The van der Waals surface area contributed by atoms with Gasteiger partial charge in [0.05, 0.1) is 10.9 Å². The molecule has 4 aromatic carbocycles. The molecule has 278 valence electrons. The number of hydrogen-bond acceptors (Lipinski definition) is 6. The first-order chi connectivity index (χ1) is 25.6. The molecular weight excluding hydrogens is 731 g/mol. The number of rotatable bonds is 10. The summed E-state index contributed by atoms with van der Waals surface area (Å²) in [7, 11) is -8.99. The Morgan fingerprint density at radius 3 is 2.11 bits per heavy atom. The summed E-state index contributed by atoms with van der Waals surface area (Å²) >= 11 is 0. The Balaban J connectivity index is 1.40. The summed E-state index contributed by atoms with van der Waals surface area (Å²) in [5.41, 5.74) is 2.34. The van der Waals surface area contributed by atoms with Gasteiger partial charge in [-0.1, -0.05) is 48.6 Å². The summed E-state index contributed by atoms with van der Waals surface area (Å²) in [6.45, 7) is 6.92. The highest BCUT2D eigenvalue weighted by Gasteiger charge is 2.48. The van der Waals surface area contributed by atoms with Crippen LogP contribution >= 0.6 is 0 Å². The number of amides is 1. The van der Waals surface area contributed by atoms with Crippen molar-refractivity contribution in [3.05, 3.63) is 107 Å². The number of carboxylic acid groups (broad SMARTS) is 1. The van der Waals surface area contributed by atoms with E-state index in [1.54, 1.807) is 55.5 Å². The van der Waals surface area contributed by atoms with Crippen molar-refractivity contribution in [1.82, 2.24) is 9.88 Å². The summed E-state index contributed by atoms with van der Waals surface area (Å²) in [6, 6.07) is 16.5. The van der Waals surface area contributed by atoms with E-state index in [2.05, 4.69) is 5.32 Å². The molecule has 4 N–H and O–H groups in total. The van der Waals surface area contributed by atoms with Crippen molar-refractivity contribution < 1.29 is 45.2 Å². The molecule has 5 aromatic rings. The largest absolute Gasteiger partial charge is 0.480 e. The minimum absolute atomic E-state index is 0.0910. The first kappa shape index (κ1) is 36.9. The number of allylic oxidation sites excluding steroid dienone is 6. The quantitative estimate of drug-likeness (QED) is 0.0806. The van der Waals surface area contributed by atoms with Crippen molar-refractivity contribution in [3.8, 4) is 0 Å². The van der Waals surface area contributed by atoms with Crippen LogP contribution in [0.2, 0.25) is 0 Å². The number of nitrogens with one attached hydrogen (secondary N) is 1. The predicted octanol–water partition coefficient (Wildman–Crippen LogP) is 5.54. The third-order valence-electron chi connectivity index (χ3n) is 10.3.